The summed E-state index contributed by atoms with van der Waals surface area (Å²) in [5, 5.41) is 12.2. The molecule has 1 unspecified atom stereocenters. The molecule has 1 aliphatic rings. The van der Waals surface area contributed by atoms with Crippen LogP contribution < -0.4 is 5.32 Å². The van der Waals surface area contributed by atoms with Crippen molar-refractivity contribution in [1.82, 2.24) is 10.2 Å². The summed E-state index contributed by atoms with van der Waals surface area (Å²) in [6, 6.07) is 9.49. The molecule has 0 amide bonds. The van der Waals surface area contributed by atoms with Crippen molar-refractivity contribution < 1.29 is 5.11 Å². The first-order valence-electron chi connectivity index (χ1n) is 6.96. The third kappa shape index (κ3) is 3.80. The van der Waals surface area contributed by atoms with Gasteiger partial charge in [0.2, 0.25) is 0 Å². The number of benzene rings is 1. The van der Waals surface area contributed by atoms with Gasteiger partial charge in [-0.15, -0.1) is 0 Å². The molecule has 18 heavy (non-hydrogen) atoms. The van der Waals surface area contributed by atoms with Crippen molar-refractivity contribution in [1.29, 1.82) is 0 Å². The Morgan fingerprint density at radius 1 is 1.28 bits per heavy atom. The maximum Gasteiger partial charge on any atom is 0.0556 e. The number of hydrogen-bond acceptors (Lipinski definition) is 3. The van der Waals surface area contributed by atoms with Crippen LogP contribution >= 0.6 is 0 Å². The highest BCUT2D eigenvalue weighted by molar-refractivity contribution is 5.22. The molecule has 1 aromatic rings. The second-order valence-corrected chi connectivity index (χ2v) is 5.07. The van der Waals surface area contributed by atoms with Crippen LogP contribution in [-0.2, 0) is 13.0 Å². The minimum Gasteiger partial charge on any atom is -0.395 e. The number of aliphatic hydroxyl groups is 1. The van der Waals surface area contributed by atoms with Crippen LogP contribution in [0.4, 0.5) is 0 Å². The van der Waals surface area contributed by atoms with Crippen LogP contribution in [0.1, 0.15) is 24.5 Å². The number of rotatable bonds is 6. The summed E-state index contributed by atoms with van der Waals surface area (Å²) < 4.78 is 0. The Hall–Kier alpha value is -0.900. The highest BCUT2D eigenvalue weighted by Gasteiger charge is 2.21. The Morgan fingerprint density at radius 3 is 2.67 bits per heavy atom. The van der Waals surface area contributed by atoms with Crippen molar-refractivity contribution >= 4 is 0 Å². The molecule has 2 rings (SSSR count). The van der Waals surface area contributed by atoms with Crippen molar-refractivity contribution in [3.63, 3.8) is 0 Å². The van der Waals surface area contributed by atoms with Gasteiger partial charge in [-0.25, -0.2) is 0 Å². The summed E-state index contributed by atoms with van der Waals surface area (Å²) in [6.45, 7) is 6.42. The lowest BCUT2D eigenvalue weighted by atomic mass is 10.1. The Bertz CT molecular complexity index is 350. The molecule has 1 heterocycles. The molecule has 0 radical (unpaired) electrons. The van der Waals surface area contributed by atoms with E-state index in [9.17, 15) is 0 Å². The third-order valence-corrected chi connectivity index (χ3v) is 3.65. The van der Waals surface area contributed by atoms with Gasteiger partial charge in [0.15, 0.2) is 0 Å². The molecule has 1 aliphatic heterocycles. The molecule has 3 heteroatoms. The van der Waals surface area contributed by atoms with Crippen LogP contribution in [0.2, 0.25) is 0 Å². The van der Waals surface area contributed by atoms with Crippen molar-refractivity contribution in [2.45, 2.75) is 32.4 Å². The quantitative estimate of drug-likeness (QED) is 0.799. The number of nitrogens with zero attached hydrogens (tertiary/aromatic N) is 1. The monoisotopic (exact) mass is 248 g/mol. The maximum absolute atomic E-state index is 8.80. The molecule has 0 spiro atoms. The van der Waals surface area contributed by atoms with Gasteiger partial charge in [0.25, 0.3) is 0 Å². The van der Waals surface area contributed by atoms with E-state index in [-0.39, 0.29) is 6.61 Å². The van der Waals surface area contributed by atoms with Crippen LogP contribution in [0.15, 0.2) is 24.3 Å². The summed E-state index contributed by atoms with van der Waals surface area (Å²) >= 11 is 0. The van der Waals surface area contributed by atoms with Gasteiger partial charge in [0.1, 0.15) is 0 Å². The van der Waals surface area contributed by atoms with Gasteiger partial charge < -0.3 is 10.4 Å². The lowest BCUT2D eigenvalue weighted by Crippen LogP contribution is -2.34. The Kier molecular flexibility index (Phi) is 5.17. The zero-order valence-electron chi connectivity index (χ0n) is 11.2. The zero-order valence-corrected chi connectivity index (χ0v) is 11.2. The molecule has 1 fully saturated rings. The van der Waals surface area contributed by atoms with Gasteiger partial charge in [-0.1, -0.05) is 31.2 Å². The average Bonchev–Trinajstić information content (AvgIpc) is 2.85. The minimum atomic E-state index is 0.231. The van der Waals surface area contributed by atoms with Crippen LogP contribution in [0.3, 0.4) is 0 Å². The van der Waals surface area contributed by atoms with Crippen LogP contribution in [-0.4, -0.2) is 42.3 Å². The van der Waals surface area contributed by atoms with Crippen molar-refractivity contribution in [3.8, 4) is 0 Å². The van der Waals surface area contributed by atoms with Crippen molar-refractivity contribution in [3.05, 3.63) is 35.4 Å². The number of aliphatic hydroxyl groups excluding tert-OH is 1. The van der Waals surface area contributed by atoms with E-state index in [1.54, 1.807) is 0 Å². The third-order valence-electron chi connectivity index (χ3n) is 3.65. The molecule has 1 aromatic carbocycles. The van der Waals surface area contributed by atoms with Gasteiger partial charge in [0, 0.05) is 32.2 Å². The highest BCUT2D eigenvalue weighted by Crippen LogP contribution is 2.14. The molecule has 1 atom stereocenters. The van der Waals surface area contributed by atoms with Crippen LogP contribution in [0.25, 0.3) is 0 Å². The number of aryl methyl sites for hydroxylation is 1. The van der Waals surface area contributed by atoms with Gasteiger partial charge in [-0.05, 0) is 24.0 Å². The topological polar surface area (TPSA) is 35.5 Å². The summed E-state index contributed by atoms with van der Waals surface area (Å²) in [4.78, 5) is 2.48. The van der Waals surface area contributed by atoms with Gasteiger partial charge >= 0.3 is 0 Å². The molecular formula is C15H24N2O. The lowest BCUT2D eigenvalue weighted by molar-refractivity contribution is 0.278. The predicted molar refractivity (Wildman–Crippen MR) is 74.6 cm³/mol. The highest BCUT2D eigenvalue weighted by atomic mass is 16.3. The Balaban J connectivity index is 1.79. The normalized spacial score (nSPS) is 20.4. The summed E-state index contributed by atoms with van der Waals surface area (Å²) in [7, 11) is 0. The smallest absolute Gasteiger partial charge is 0.0556 e. The average molecular weight is 248 g/mol. The molecule has 3 nitrogen and oxygen atoms in total. The first-order chi connectivity index (χ1) is 8.81. The molecule has 0 saturated carbocycles. The molecule has 0 bridgehead atoms. The largest absolute Gasteiger partial charge is 0.395 e. The summed E-state index contributed by atoms with van der Waals surface area (Å²) in [5.74, 6) is 0. The molecular weight excluding hydrogens is 224 g/mol. The van der Waals surface area contributed by atoms with Gasteiger partial charge in [-0.2, -0.15) is 0 Å². The second kappa shape index (κ2) is 6.88. The minimum absolute atomic E-state index is 0.231. The molecule has 0 aromatic heterocycles. The van der Waals surface area contributed by atoms with Gasteiger partial charge in [-0.3, -0.25) is 4.90 Å². The summed E-state index contributed by atoms with van der Waals surface area (Å²) in [5.41, 5.74) is 2.80. The Labute approximate surface area is 110 Å². The van der Waals surface area contributed by atoms with E-state index in [0.717, 1.165) is 26.1 Å². The van der Waals surface area contributed by atoms with Crippen LogP contribution in [0.5, 0.6) is 0 Å². The van der Waals surface area contributed by atoms with Crippen molar-refractivity contribution in [2.24, 2.45) is 0 Å². The van der Waals surface area contributed by atoms with E-state index in [0.29, 0.717) is 12.6 Å². The first-order valence-corrected chi connectivity index (χ1v) is 6.96. The maximum atomic E-state index is 8.80. The fourth-order valence-corrected chi connectivity index (χ4v) is 2.55. The van der Waals surface area contributed by atoms with Gasteiger partial charge in [0.05, 0.1) is 6.61 Å². The fourth-order valence-electron chi connectivity index (χ4n) is 2.55. The molecule has 100 valence electrons. The second-order valence-electron chi connectivity index (χ2n) is 5.07. The predicted octanol–water partition coefficient (Wildman–Crippen LogP) is 1.41. The van der Waals surface area contributed by atoms with E-state index in [1.807, 2.05) is 0 Å². The van der Waals surface area contributed by atoms with E-state index >= 15 is 0 Å². The fraction of sp³-hybridized carbons (Fsp3) is 0.600. The zero-order chi connectivity index (χ0) is 12.8. The SMILES string of the molecule is CCc1ccc(CN2CCC(NCCO)C2)cc1. The molecule has 1 saturated heterocycles. The van der Waals surface area contributed by atoms with Crippen LogP contribution in [0, 0.1) is 0 Å². The number of hydrogen-bond donors (Lipinski definition) is 2. The Morgan fingerprint density at radius 2 is 2.00 bits per heavy atom. The number of likely N-dealkylation sites (tertiary alicyclic amines) is 1. The van der Waals surface area contributed by atoms with E-state index < -0.39 is 0 Å². The first kappa shape index (κ1) is 13.5. The standard InChI is InChI=1S/C15H24N2O/c1-2-13-3-5-14(6-4-13)11-17-9-7-15(12-17)16-8-10-18/h3-6,15-16,18H,2,7-12H2,1H3. The summed E-state index contributed by atoms with van der Waals surface area (Å²) in [6.07, 6.45) is 2.30. The van der Waals surface area contributed by atoms with Crippen molar-refractivity contribution in [2.75, 3.05) is 26.2 Å². The lowest BCUT2D eigenvalue weighted by Gasteiger charge is -2.16. The molecule has 0 aliphatic carbocycles. The van der Waals surface area contributed by atoms with E-state index in [4.69, 9.17) is 5.11 Å². The van der Waals surface area contributed by atoms with E-state index in [1.165, 1.54) is 17.5 Å². The molecule has 2 N–H and O–H groups in total. The number of nitrogens with one attached hydrogen (secondary N) is 1. The van der Waals surface area contributed by atoms with E-state index in [2.05, 4.69) is 41.4 Å².